The number of hydrogen-bond donors (Lipinski definition) is 0. The maximum atomic E-state index is 2.36. The van der Waals surface area contributed by atoms with Gasteiger partial charge in [0.2, 0.25) is 0 Å². The predicted molar refractivity (Wildman–Crippen MR) is 147 cm³/mol. The molecule has 0 nitrogen and oxygen atoms in total. The van der Waals surface area contributed by atoms with E-state index >= 15 is 0 Å². The smallest absolute Gasteiger partial charge is 0.00986 e. The van der Waals surface area contributed by atoms with E-state index in [4.69, 9.17) is 0 Å². The summed E-state index contributed by atoms with van der Waals surface area (Å²) in [5.74, 6) is 0. The van der Waals surface area contributed by atoms with Gasteiger partial charge in [-0.2, -0.15) is 0 Å². The number of rotatable bonds is 2. The molecule has 0 aliphatic carbocycles. The van der Waals surface area contributed by atoms with Crippen molar-refractivity contribution in [1.29, 1.82) is 0 Å². The Morgan fingerprint density at radius 1 is 0.265 bits per heavy atom. The maximum absolute atomic E-state index is 2.36. The van der Waals surface area contributed by atoms with Crippen molar-refractivity contribution < 1.29 is 0 Å². The molecule has 0 heterocycles. The second-order valence-corrected chi connectivity index (χ2v) is 8.99. The van der Waals surface area contributed by atoms with E-state index in [0.717, 1.165) is 0 Å². The lowest BCUT2D eigenvalue weighted by molar-refractivity contribution is 1.63. The molecular formula is C34H22. The normalized spacial score (nSPS) is 11.5. The van der Waals surface area contributed by atoms with E-state index in [1.165, 1.54) is 65.3 Å². The van der Waals surface area contributed by atoms with Crippen molar-refractivity contribution in [3.05, 3.63) is 133 Å². The Morgan fingerprint density at radius 3 is 1.59 bits per heavy atom. The van der Waals surface area contributed by atoms with Crippen LogP contribution in [-0.2, 0) is 0 Å². The highest BCUT2D eigenvalue weighted by Gasteiger charge is 2.10. The van der Waals surface area contributed by atoms with Crippen LogP contribution in [0.4, 0.5) is 0 Å². The molecule has 158 valence electrons. The van der Waals surface area contributed by atoms with Crippen LogP contribution in [0, 0.1) is 0 Å². The fourth-order valence-corrected chi connectivity index (χ4v) is 5.34. The van der Waals surface area contributed by atoms with E-state index in [1.807, 2.05) is 0 Å². The van der Waals surface area contributed by atoms with Crippen LogP contribution in [0.25, 0.3) is 65.3 Å². The third-order valence-electron chi connectivity index (χ3n) is 7.02. The Bertz CT molecular complexity index is 1830. The molecule has 0 radical (unpaired) electrons. The first-order chi connectivity index (χ1) is 16.8. The average Bonchev–Trinajstić information content (AvgIpc) is 2.91. The van der Waals surface area contributed by atoms with Crippen molar-refractivity contribution in [3.63, 3.8) is 0 Å². The van der Waals surface area contributed by atoms with E-state index in [-0.39, 0.29) is 0 Å². The Kier molecular flexibility index (Phi) is 4.25. The zero-order valence-electron chi connectivity index (χ0n) is 18.7. The minimum atomic E-state index is 1.25. The van der Waals surface area contributed by atoms with E-state index in [0.29, 0.717) is 0 Å². The molecule has 34 heavy (non-hydrogen) atoms. The van der Waals surface area contributed by atoms with Gasteiger partial charge in [-0.3, -0.25) is 0 Å². The van der Waals surface area contributed by atoms with E-state index < -0.39 is 0 Å². The molecule has 0 aromatic heterocycles. The molecule has 7 aromatic carbocycles. The first-order valence-electron chi connectivity index (χ1n) is 11.8. The van der Waals surface area contributed by atoms with Crippen LogP contribution in [0.3, 0.4) is 0 Å². The summed E-state index contributed by atoms with van der Waals surface area (Å²) in [7, 11) is 0. The van der Waals surface area contributed by atoms with Gasteiger partial charge in [0.15, 0.2) is 0 Å². The third-order valence-corrected chi connectivity index (χ3v) is 7.02. The molecule has 0 fully saturated rings. The van der Waals surface area contributed by atoms with Crippen molar-refractivity contribution in [2.24, 2.45) is 0 Å². The Labute approximate surface area is 198 Å². The van der Waals surface area contributed by atoms with Crippen LogP contribution in [-0.4, -0.2) is 0 Å². The molecule has 0 amide bonds. The van der Waals surface area contributed by atoms with Crippen LogP contribution in [0.1, 0.15) is 0 Å². The topological polar surface area (TPSA) is 0 Å². The number of benzene rings is 7. The van der Waals surface area contributed by atoms with Crippen molar-refractivity contribution in [1.82, 2.24) is 0 Å². The highest BCUT2D eigenvalue weighted by atomic mass is 14.1. The van der Waals surface area contributed by atoms with E-state index in [2.05, 4.69) is 133 Å². The molecule has 0 bridgehead atoms. The molecule has 0 unspecified atom stereocenters. The van der Waals surface area contributed by atoms with E-state index in [9.17, 15) is 0 Å². The molecule has 0 saturated carbocycles. The van der Waals surface area contributed by atoms with Crippen molar-refractivity contribution in [3.8, 4) is 22.3 Å². The quantitative estimate of drug-likeness (QED) is 0.189. The number of hydrogen-bond acceptors (Lipinski definition) is 0. The average molecular weight is 431 g/mol. The number of fused-ring (bicyclic) bond motifs is 5. The monoisotopic (exact) mass is 430 g/mol. The minimum absolute atomic E-state index is 1.25. The highest BCUT2D eigenvalue weighted by molar-refractivity contribution is 6.16. The van der Waals surface area contributed by atoms with Gasteiger partial charge < -0.3 is 0 Å². The molecule has 7 rings (SSSR count). The summed E-state index contributed by atoms with van der Waals surface area (Å²) in [5.41, 5.74) is 5.05. The van der Waals surface area contributed by atoms with Crippen molar-refractivity contribution >= 4 is 43.1 Å². The lowest BCUT2D eigenvalue weighted by atomic mass is 9.91. The first kappa shape index (κ1) is 19.1. The van der Waals surface area contributed by atoms with Gasteiger partial charge in [0, 0.05) is 0 Å². The minimum Gasteiger partial charge on any atom is -0.0616 e. The van der Waals surface area contributed by atoms with Gasteiger partial charge in [0.1, 0.15) is 0 Å². The summed E-state index contributed by atoms with van der Waals surface area (Å²) in [6, 6.07) is 48.6. The molecule has 0 N–H and O–H groups in total. The Hall–Kier alpha value is -4.42. The molecule has 0 saturated heterocycles. The zero-order valence-corrected chi connectivity index (χ0v) is 18.7. The molecule has 0 spiro atoms. The molecular weight excluding hydrogens is 408 g/mol. The maximum Gasteiger partial charge on any atom is -0.00986 e. The van der Waals surface area contributed by atoms with Gasteiger partial charge in [0.05, 0.1) is 0 Å². The summed E-state index contributed by atoms with van der Waals surface area (Å²) < 4.78 is 0. The van der Waals surface area contributed by atoms with Gasteiger partial charge in [-0.15, -0.1) is 0 Å². The van der Waals surface area contributed by atoms with Crippen LogP contribution in [0.2, 0.25) is 0 Å². The van der Waals surface area contributed by atoms with Crippen LogP contribution in [0.15, 0.2) is 133 Å². The zero-order chi connectivity index (χ0) is 22.5. The third kappa shape index (κ3) is 3.00. The lowest BCUT2D eigenvalue weighted by Crippen LogP contribution is -1.86. The fraction of sp³-hybridized carbons (Fsp3) is 0. The molecule has 7 aromatic rings. The van der Waals surface area contributed by atoms with Gasteiger partial charge >= 0.3 is 0 Å². The first-order valence-corrected chi connectivity index (χ1v) is 11.8. The molecule has 0 heteroatoms. The van der Waals surface area contributed by atoms with E-state index in [1.54, 1.807) is 0 Å². The Balaban J connectivity index is 1.43. The largest absolute Gasteiger partial charge is 0.0616 e. The second kappa shape index (κ2) is 7.57. The predicted octanol–water partition coefficient (Wildman–Crippen LogP) is 9.63. The van der Waals surface area contributed by atoms with Gasteiger partial charge in [-0.25, -0.2) is 0 Å². The molecule has 0 atom stereocenters. The van der Waals surface area contributed by atoms with Gasteiger partial charge in [-0.1, -0.05) is 115 Å². The van der Waals surface area contributed by atoms with Crippen LogP contribution < -0.4 is 0 Å². The summed E-state index contributed by atoms with van der Waals surface area (Å²) in [4.78, 5) is 0. The van der Waals surface area contributed by atoms with Gasteiger partial charge in [-0.05, 0) is 83.5 Å². The Morgan fingerprint density at radius 2 is 0.824 bits per heavy atom. The molecule has 0 aliphatic rings. The van der Waals surface area contributed by atoms with Gasteiger partial charge in [0.25, 0.3) is 0 Å². The summed E-state index contributed by atoms with van der Waals surface area (Å²) >= 11 is 0. The lowest BCUT2D eigenvalue weighted by Gasteiger charge is -2.13. The van der Waals surface area contributed by atoms with Crippen LogP contribution >= 0.6 is 0 Å². The summed E-state index contributed by atoms with van der Waals surface area (Å²) in [6.07, 6.45) is 0. The summed E-state index contributed by atoms with van der Waals surface area (Å²) in [5, 5.41) is 10.3. The SMILES string of the molecule is c1ccc2cc3c(cc(-c4ccc(-c5cccc6ccccc56)cc4)c4ccccc43)cc2c1. The summed E-state index contributed by atoms with van der Waals surface area (Å²) in [6.45, 7) is 0. The highest BCUT2D eigenvalue weighted by Crippen LogP contribution is 2.38. The standard InChI is InChI=1S/C34H22/c1-2-10-27-21-34-28(20-26(27)9-1)22-33(31-13-5-6-14-32(31)34)25-18-16-24(17-19-25)30-15-7-11-23-8-3-4-12-29(23)30/h1-22H. The second-order valence-electron chi connectivity index (χ2n) is 8.99. The van der Waals surface area contributed by atoms with Crippen LogP contribution in [0.5, 0.6) is 0 Å². The van der Waals surface area contributed by atoms with Crippen molar-refractivity contribution in [2.75, 3.05) is 0 Å². The fourth-order valence-electron chi connectivity index (χ4n) is 5.34. The molecule has 0 aliphatic heterocycles. The van der Waals surface area contributed by atoms with Crippen molar-refractivity contribution in [2.45, 2.75) is 0 Å².